The molecule has 1 rings (SSSR count). The van der Waals surface area contributed by atoms with Crippen LogP contribution < -0.4 is 0 Å². The molecule has 27 heavy (non-hydrogen) atoms. The number of ether oxygens (including phenoxy) is 2. The van der Waals surface area contributed by atoms with Gasteiger partial charge >= 0.3 is 47.9 Å². The molecule has 1 unspecified atom stereocenters. The van der Waals surface area contributed by atoms with E-state index in [0.29, 0.717) is 0 Å². The molecule has 0 aromatic rings. The van der Waals surface area contributed by atoms with Crippen LogP contribution in [0.5, 0.6) is 0 Å². The van der Waals surface area contributed by atoms with Crippen molar-refractivity contribution >= 4 is 0 Å². The van der Waals surface area contributed by atoms with E-state index in [-0.39, 0.29) is 0 Å². The Hall–Kier alpha value is -1.64. The van der Waals surface area contributed by atoms with E-state index in [1.807, 2.05) is 0 Å². The first kappa shape index (κ1) is 23.4. The van der Waals surface area contributed by atoms with E-state index in [4.69, 9.17) is 5.26 Å². The first-order chi connectivity index (χ1) is 11.5. The van der Waals surface area contributed by atoms with Gasteiger partial charge in [0.2, 0.25) is 0 Å². The molecule has 158 valence electrons. The lowest BCUT2D eigenvalue weighted by Gasteiger charge is -2.36. The van der Waals surface area contributed by atoms with Crippen LogP contribution in [0.1, 0.15) is 0 Å². The van der Waals surface area contributed by atoms with E-state index < -0.39 is 53.9 Å². The van der Waals surface area contributed by atoms with Gasteiger partial charge in [-0.05, 0) is 0 Å². The molecule has 0 aromatic carbocycles. The SMILES string of the molecule is N#CC(F)(F)C(F)(F)OC(F)(C(F)(F)F)C(F)(F)OC1(F)C(F)(F)C1(F)F. The van der Waals surface area contributed by atoms with Crippen LogP contribution in [0.3, 0.4) is 0 Å². The number of halogens is 15. The minimum atomic E-state index is -7.59. The Bertz CT molecular complexity index is 635. The van der Waals surface area contributed by atoms with Gasteiger partial charge in [-0.3, -0.25) is 9.47 Å². The molecule has 0 amide bonds. The molecule has 1 atom stereocenters. The van der Waals surface area contributed by atoms with E-state index in [0.717, 1.165) is 0 Å². The topological polar surface area (TPSA) is 42.2 Å². The second kappa shape index (κ2) is 5.46. The molecule has 1 aliphatic carbocycles. The summed E-state index contributed by atoms with van der Waals surface area (Å²) in [5.74, 6) is -32.9. The molecule has 18 heteroatoms. The maximum absolute atomic E-state index is 13.5. The lowest BCUT2D eigenvalue weighted by Crippen LogP contribution is -2.64. The van der Waals surface area contributed by atoms with Crippen molar-refractivity contribution in [2.75, 3.05) is 0 Å². The third-order valence-corrected chi connectivity index (χ3v) is 2.92. The average Bonchev–Trinajstić information content (AvgIpc) is 2.72. The van der Waals surface area contributed by atoms with Crippen LogP contribution in [-0.4, -0.2) is 47.9 Å². The predicted molar refractivity (Wildman–Crippen MR) is 46.3 cm³/mol. The third kappa shape index (κ3) is 2.85. The zero-order chi connectivity index (χ0) is 22.1. The van der Waals surface area contributed by atoms with E-state index in [2.05, 4.69) is 0 Å². The minimum Gasteiger partial charge on any atom is -0.267 e. The van der Waals surface area contributed by atoms with Crippen molar-refractivity contribution in [1.82, 2.24) is 0 Å². The number of nitriles is 1. The van der Waals surface area contributed by atoms with Gasteiger partial charge in [0.25, 0.3) is 0 Å². The van der Waals surface area contributed by atoms with Crippen molar-refractivity contribution in [3.05, 3.63) is 0 Å². The van der Waals surface area contributed by atoms with Gasteiger partial charge in [-0.2, -0.15) is 71.1 Å². The molecule has 0 N–H and O–H groups in total. The molecule has 0 aliphatic heterocycles. The zero-order valence-electron chi connectivity index (χ0n) is 11.4. The van der Waals surface area contributed by atoms with Crippen molar-refractivity contribution in [2.24, 2.45) is 0 Å². The lowest BCUT2D eigenvalue weighted by atomic mass is 10.2. The second-order valence-corrected chi connectivity index (χ2v) is 4.76. The molecule has 1 fully saturated rings. The van der Waals surface area contributed by atoms with Gasteiger partial charge in [-0.15, -0.1) is 0 Å². The van der Waals surface area contributed by atoms with Crippen LogP contribution in [0, 0.1) is 11.3 Å². The van der Waals surface area contributed by atoms with Gasteiger partial charge in [-0.25, -0.2) is 0 Å². The number of hydrogen-bond donors (Lipinski definition) is 0. The zero-order valence-corrected chi connectivity index (χ0v) is 11.4. The molecule has 3 nitrogen and oxygen atoms in total. The van der Waals surface area contributed by atoms with Gasteiger partial charge in [0, 0.05) is 0 Å². The van der Waals surface area contributed by atoms with Crippen LogP contribution in [0.25, 0.3) is 0 Å². The van der Waals surface area contributed by atoms with Crippen LogP contribution in [0.15, 0.2) is 0 Å². The van der Waals surface area contributed by atoms with Crippen molar-refractivity contribution in [2.45, 2.75) is 47.9 Å². The van der Waals surface area contributed by atoms with E-state index in [9.17, 15) is 65.9 Å². The van der Waals surface area contributed by atoms with Crippen molar-refractivity contribution in [3.8, 4) is 6.07 Å². The van der Waals surface area contributed by atoms with E-state index in [1.54, 1.807) is 9.47 Å². The second-order valence-electron chi connectivity index (χ2n) is 4.76. The summed E-state index contributed by atoms with van der Waals surface area (Å²) in [6, 6.07) is -0.748. The van der Waals surface area contributed by atoms with Crippen LogP contribution in [0.2, 0.25) is 0 Å². The Morgan fingerprint density at radius 1 is 0.667 bits per heavy atom. The summed E-state index contributed by atoms with van der Waals surface area (Å²) >= 11 is 0. The summed E-state index contributed by atoms with van der Waals surface area (Å²) in [5.41, 5.74) is 0. The Labute approximate surface area is 136 Å². The van der Waals surface area contributed by atoms with Crippen molar-refractivity contribution < 1.29 is 75.3 Å². The Balaban J connectivity index is 3.42. The molecule has 1 aliphatic rings. The summed E-state index contributed by atoms with van der Waals surface area (Å²) in [5, 5.41) is 7.62. The van der Waals surface area contributed by atoms with Crippen LogP contribution >= 0.6 is 0 Å². The number of alkyl halides is 15. The van der Waals surface area contributed by atoms with E-state index >= 15 is 0 Å². The maximum atomic E-state index is 13.5. The predicted octanol–water partition coefficient (Wildman–Crippen LogP) is 4.54. The molecule has 0 saturated heterocycles. The van der Waals surface area contributed by atoms with Crippen molar-refractivity contribution in [3.63, 3.8) is 0 Å². The standard InChI is InChI=1S/C9F15NO2/c10-2(11,1-25)8(21,22)27-6(17,7(18,19)20)9(23,24)26-5(16)3(12,13)4(5,14)15. The first-order valence-corrected chi connectivity index (χ1v) is 5.62. The van der Waals surface area contributed by atoms with Crippen LogP contribution in [-0.2, 0) is 9.47 Å². The first-order valence-electron chi connectivity index (χ1n) is 5.62. The van der Waals surface area contributed by atoms with Gasteiger partial charge in [0.15, 0.2) is 0 Å². The summed E-state index contributed by atoms with van der Waals surface area (Å²) in [4.78, 5) is 0. The monoisotopic (exact) mass is 439 g/mol. The molecule has 0 aromatic heterocycles. The highest BCUT2D eigenvalue weighted by molar-refractivity contribution is 5.24. The Kier molecular flexibility index (Phi) is 4.73. The number of nitrogens with zero attached hydrogens (tertiary/aromatic N) is 1. The number of rotatable bonds is 6. The third-order valence-electron chi connectivity index (χ3n) is 2.92. The van der Waals surface area contributed by atoms with Crippen LogP contribution in [0.4, 0.5) is 65.9 Å². The summed E-state index contributed by atoms with van der Waals surface area (Å²) in [7, 11) is 0. The Morgan fingerprint density at radius 3 is 1.30 bits per heavy atom. The summed E-state index contributed by atoms with van der Waals surface area (Å²) in [6.07, 6.45) is -22.1. The largest absolute Gasteiger partial charge is 0.458 e. The molecule has 0 heterocycles. The van der Waals surface area contributed by atoms with Gasteiger partial charge < -0.3 is 0 Å². The summed E-state index contributed by atoms with van der Waals surface area (Å²) in [6.45, 7) is 0. The molecular weight excluding hydrogens is 439 g/mol. The molecule has 1 saturated carbocycles. The number of hydrogen-bond acceptors (Lipinski definition) is 3. The molecular formula is C9F15NO2. The molecule has 0 spiro atoms. The fraction of sp³-hybridized carbons (Fsp3) is 0.889. The highest BCUT2D eigenvalue weighted by atomic mass is 19.4. The van der Waals surface area contributed by atoms with E-state index in [1.165, 1.54) is 0 Å². The average molecular weight is 439 g/mol. The normalized spacial score (nSPS) is 24.1. The highest BCUT2D eigenvalue weighted by Crippen LogP contribution is 2.71. The smallest absolute Gasteiger partial charge is 0.267 e. The lowest BCUT2D eigenvalue weighted by molar-refractivity contribution is -0.527. The van der Waals surface area contributed by atoms with Gasteiger partial charge in [-0.1, -0.05) is 0 Å². The quantitative estimate of drug-likeness (QED) is 0.571. The minimum absolute atomic E-state index is 0.748. The van der Waals surface area contributed by atoms with Crippen molar-refractivity contribution in [1.29, 1.82) is 5.26 Å². The fourth-order valence-electron chi connectivity index (χ4n) is 1.32. The fourth-order valence-corrected chi connectivity index (χ4v) is 1.32. The maximum Gasteiger partial charge on any atom is 0.458 e. The molecule has 0 bridgehead atoms. The molecule has 0 radical (unpaired) electrons. The Morgan fingerprint density at radius 2 is 1.04 bits per heavy atom. The summed E-state index contributed by atoms with van der Waals surface area (Å²) < 4.78 is 194. The highest BCUT2D eigenvalue weighted by Gasteiger charge is 3.03. The van der Waals surface area contributed by atoms with Gasteiger partial charge in [0.1, 0.15) is 6.07 Å². The van der Waals surface area contributed by atoms with Gasteiger partial charge in [0.05, 0.1) is 0 Å².